The summed E-state index contributed by atoms with van der Waals surface area (Å²) in [7, 11) is 0. The van der Waals surface area contributed by atoms with E-state index in [0.29, 0.717) is 5.92 Å². The van der Waals surface area contributed by atoms with Gasteiger partial charge in [0.05, 0.1) is 0 Å². The third-order valence-electron chi connectivity index (χ3n) is 2.16. The summed E-state index contributed by atoms with van der Waals surface area (Å²) in [6.07, 6.45) is 2.43. The maximum atomic E-state index is 5.50. The molecule has 11 heavy (non-hydrogen) atoms. The van der Waals surface area contributed by atoms with E-state index >= 15 is 0 Å². The normalized spacial score (nSPS) is 13.9. The van der Waals surface area contributed by atoms with Crippen LogP contribution in [0, 0.1) is 11.8 Å². The zero-order chi connectivity index (χ0) is 8.69. The number of unbranched alkanes of at least 4 members (excludes halogenated alkanes) is 1. The first-order valence-electron chi connectivity index (χ1n) is 4.76. The molecule has 1 nitrogen and oxygen atoms in total. The molecule has 68 valence electrons. The topological polar surface area (TPSA) is 9.23 Å². The van der Waals surface area contributed by atoms with Crippen LogP contribution in [0.3, 0.4) is 0 Å². The summed E-state index contributed by atoms with van der Waals surface area (Å²) in [6.45, 7) is 10.8. The molecule has 0 saturated carbocycles. The minimum absolute atomic E-state index is 0.701. The zero-order valence-electron chi connectivity index (χ0n) is 8.39. The number of rotatable bonds is 6. The molecule has 0 aromatic carbocycles. The van der Waals surface area contributed by atoms with E-state index in [9.17, 15) is 0 Å². The Kier molecular flexibility index (Phi) is 6.63. The lowest BCUT2D eigenvalue weighted by Gasteiger charge is -2.14. The summed E-state index contributed by atoms with van der Waals surface area (Å²) < 4.78 is 5.50. The SMILES string of the molecule is CCCCOC[C@@H](C)C(C)C. The summed E-state index contributed by atoms with van der Waals surface area (Å²) in [5.74, 6) is 1.45. The van der Waals surface area contributed by atoms with Gasteiger partial charge in [0.2, 0.25) is 0 Å². The van der Waals surface area contributed by atoms with E-state index in [2.05, 4.69) is 27.7 Å². The van der Waals surface area contributed by atoms with Crippen LogP contribution in [-0.2, 0) is 4.74 Å². The highest BCUT2D eigenvalue weighted by Gasteiger charge is 2.05. The van der Waals surface area contributed by atoms with Gasteiger partial charge in [0, 0.05) is 13.2 Å². The van der Waals surface area contributed by atoms with Crippen molar-refractivity contribution in [2.75, 3.05) is 13.2 Å². The number of hydrogen-bond acceptors (Lipinski definition) is 1. The molecule has 0 unspecified atom stereocenters. The van der Waals surface area contributed by atoms with Gasteiger partial charge in [0.25, 0.3) is 0 Å². The Morgan fingerprint density at radius 1 is 1.18 bits per heavy atom. The van der Waals surface area contributed by atoms with Crippen molar-refractivity contribution in [1.29, 1.82) is 0 Å². The van der Waals surface area contributed by atoms with Crippen LogP contribution in [0.2, 0.25) is 0 Å². The predicted molar refractivity (Wildman–Crippen MR) is 49.7 cm³/mol. The molecule has 0 aliphatic carbocycles. The van der Waals surface area contributed by atoms with Crippen molar-refractivity contribution in [3.8, 4) is 0 Å². The zero-order valence-corrected chi connectivity index (χ0v) is 8.39. The lowest BCUT2D eigenvalue weighted by Crippen LogP contribution is -2.12. The maximum absolute atomic E-state index is 5.50. The van der Waals surface area contributed by atoms with Gasteiger partial charge in [-0.1, -0.05) is 34.1 Å². The van der Waals surface area contributed by atoms with Crippen LogP contribution >= 0.6 is 0 Å². The summed E-state index contributed by atoms with van der Waals surface area (Å²) >= 11 is 0. The molecule has 0 aliphatic rings. The van der Waals surface area contributed by atoms with Gasteiger partial charge in [0.1, 0.15) is 0 Å². The quantitative estimate of drug-likeness (QED) is 0.540. The van der Waals surface area contributed by atoms with Gasteiger partial charge < -0.3 is 4.74 Å². The van der Waals surface area contributed by atoms with Crippen molar-refractivity contribution in [2.45, 2.75) is 40.5 Å². The second-order valence-electron chi connectivity index (χ2n) is 3.65. The Morgan fingerprint density at radius 3 is 2.27 bits per heavy atom. The highest BCUT2D eigenvalue weighted by Crippen LogP contribution is 2.09. The Hall–Kier alpha value is -0.0400. The fourth-order valence-electron chi connectivity index (χ4n) is 0.708. The molecular weight excluding hydrogens is 136 g/mol. The van der Waals surface area contributed by atoms with Crippen LogP contribution in [0.25, 0.3) is 0 Å². The molecule has 1 heteroatoms. The molecule has 0 saturated heterocycles. The van der Waals surface area contributed by atoms with E-state index < -0.39 is 0 Å². The third kappa shape index (κ3) is 6.36. The first-order valence-corrected chi connectivity index (χ1v) is 4.76. The first kappa shape index (κ1) is 11.0. The van der Waals surface area contributed by atoms with Gasteiger partial charge in [-0.25, -0.2) is 0 Å². The molecule has 0 radical (unpaired) electrons. The van der Waals surface area contributed by atoms with Crippen molar-refractivity contribution in [3.63, 3.8) is 0 Å². The fourth-order valence-corrected chi connectivity index (χ4v) is 0.708. The van der Waals surface area contributed by atoms with Gasteiger partial charge >= 0.3 is 0 Å². The van der Waals surface area contributed by atoms with Crippen LogP contribution in [0.1, 0.15) is 40.5 Å². The van der Waals surface area contributed by atoms with Crippen molar-refractivity contribution in [3.05, 3.63) is 0 Å². The predicted octanol–water partition coefficient (Wildman–Crippen LogP) is 3.10. The third-order valence-corrected chi connectivity index (χ3v) is 2.16. The van der Waals surface area contributed by atoms with Crippen LogP contribution < -0.4 is 0 Å². The van der Waals surface area contributed by atoms with Crippen LogP contribution in [0.5, 0.6) is 0 Å². The average Bonchev–Trinajstić information content (AvgIpc) is 1.97. The molecule has 0 heterocycles. The molecule has 0 aliphatic heterocycles. The molecule has 0 spiro atoms. The van der Waals surface area contributed by atoms with Crippen LogP contribution in [-0.4, -0.2) is 13.2 Å². The monoisotopic (exact) mass is 158 g/mol. The van der Waals surface area contributed by atoms with Crippen molar-refractivity contribution in [1.82, 2.24) is 0 Å². The van der Waals surface area contributed by atoms with E-state index in [1.54, 1.807) is 0 Å². The van der Waals surface area contributed by atoms with E-state index in [1.165, 1.54) is 12.8 Å². The van der Waals surface area contributed by atoms with Gasteiger partial charge in [-0.05, 0) is 18.3 Å². The average molecular weight is 158 g/mol. The highest BCUT2D eigenvalue weighted by atomic mass is 16.5. The van der Waals surface area contributed by atoms with E-state index in [-0.39, 0.29) is 0 Å². The Bertz CT molecular complexity index is 78.9. The summed E-state index contributed by atoms with van der Waals surface area (Å²) in [5.41, 5.74) is 0. The maximum Gasteiger partial charge on any atom is 0.0494 e. The molecule has 0 aromatic rings. The van der Waals surface area contributed by atoms with Crippen LogP contribution in [0.4, 0.5) is 0 Å². The van der Waals surface area contributed by atoms with Crippen molar-refractivity contribution >= 4 is 0 Å². The van der Waals surface area contributed by atoms with Gasteiger partial charge in [-0.15, -0.1) is 0 Å². The fraction of sp³-hybridized carbons (Fsp3) is 1.00. The molecule has 0 aromatic heterocycles. The van der Waals surface area contributed by atoms with E-state index in [1.807, 2.05) is 0 Å². The van der Waals surface area contributed by atoms with E-state index in [4.69, 9.17) is 4.74 Å². The summed E-state index contributed by atoms with van der Waals surface area (Å²) in [4.78, 5) is 0. The molecule has 0 bridgehead atoms. The largest absolute Gasteiger partial charge is 0.381 e. The van der Waals surface area contributed by atoms with Crippen molar-refractivity contribution in [2.24, 2.45) is 11.8 Å². The van der Waals surface area contributed by atoms with Crippen molar-refractivity contribution < 1.29 is 4.74 Å². The first-order chi connectivity index (χ1) is 5.18. The Morgan fingerprint density at radius 2 is 1.82 bits per heavy atom. The number of ether oxygens (including phenoxy) is 1. The number of hydrogen-bond donors (Lipinski definition) is 0. The second kappa shape index (κ2) is 6.66. The van der Waals surface area contributed by atoms with Gasteiger partial charge in [-0.3, -0.25) is 0 Å². The molecule has 0 amide bonds. The molecule has 1 atom stereocenters. The minimum Gasteiger partial charge on any atom is -0.381 e. The molecule has 0 fully saturated rings. The van der Waals surface area contributed by atoms with Gasteiger partial charge in [0.15, 0.2) is 0 Å². The lowest BCUT2D eigenvalue weighted by molar-refractivity contribution is 0.0877. The minimum atomic E-state index is 0.701. The molecule has 0 N–H and O–H groups in total. The smallest absolute Gasteiger partial charge is 0.0494 e. The highest BCUT2D eigenvalue weighted by molar-refractivity contribution is 4.54. The Balaban J connectivity index is 3.10. The van der Waals surface area contributed by atoms with E-state index in [0.717, 1.165) is 19.1 Å². The molecule has 0 rings (SSSR count). The summed E-state index contributed by atoms with van der Waals surface area (Å²) in [6, 6.07) is 0. The standard InChI is InChI=1S/C10H22O/c1-5-6-7-11-8-10(4)9(2)3/h9-10H,5-8H2,1-4H3/t10-/m1/s1. The lowest BCUT2D eigenvalue weighted by atomic mass is 9.99. The molecular formula is C10H22O. The van der Waals surface area contributed by atoms with Crippen LogP contribution in [0.15, 0.2) is 0 Å². The van der Waals surface area contributed by atoms with Gasteiger partial charge in [-0.2, -0.15) is 0 Å². The Labute approximate surface area is 71.1 Å². The second-order valence-corrected chi connectivity index (χ2v) is 3.65. The summed E-state index contributed by atoms with van der Waals surface area (Å²) in [5, 5.41) is 0.